The molecule has 440 valence electrons. The normalized spacial score (nSPS) is 12.8. The van der Waals surface area contributed by atoms with Crippen molar-refractivity contribution < 1.29 is 28.6 Å². The van der Waals surface area contributed by atoms with E-state index in [9.17, 15) is 14.4 Å². The highest BCUT2D eigenvalue weighted by Gasteiger charge is 2.19. The molecule has 6 heteroatoms. The number of hydrogen-bond acceptors (Lipinski definition) is 6. The fourth-order valence-electron chi connectivity index (χ4n) is 8.88. The van der Waals surface area contributed by atoms with Gasteiger partial charge in [0.2, 0.25) is 0 Å². The molecule has 0 heterocycles. The Labute approximate surface area is 476 Å². The van der Waals surface area contributed by atoms with Crippen LogP contribution >= 0.6 is 0 Å². The Morgan fingerprint density at radius 2 is 0.506 bits per heavy atom. The van der Waals surface area contributed by atoms with Crippen LogP contribution in [0.3, 0.4) is 0 Å². The fourth-order valence-corrected chi connectivity index (χ4v) is 8.88. The number of allylic oxidation sites excluding steroid dienone is 18. The minimum absolute atomic E-state index is 0.0975. The number of hydrogen-bond donors (Lipinski definition) is 0. The van der Waals surface area contributed by atoms with Crippen LogP contribution in [0.15, 0.2) is 109 Å². The van der Waals surface area contributed by atoms with Crippen LogP contribution in [-0.2, 0) is 28.6 Å². The predicted molar refractivity (Wildman–Crippen MR) is 334 cm³/mol. The van der Waals surface area contributed by atoms with Crippen LogP contribution in [0.5, 0.6) is 0 Å². The Morgan fingerprint density at radius 3 is 0.844 bits per heavy atom. The Kier molecular flexibility index (Phi) is 61.3. The molecule has 1 unspecified atom stereocenters. The molecule has 0 bridgehead atoms. The molecule has 0 amide bonds. The first kappa shape index (κ1) is 73.1. The lowest BCUT2D eigenvalue weighted by Crippen LogP contribution is -2.30. The average Bonchev–Trinajstić information content (AvgIpc) is 3.43. The van der Waals surface area contributed by atoms with Crippen molar-refractivity contribution in [3.8, 4) is 0 Å². The van der Waals surface area contributed by atoms with Gasteiger partial charge in [-0.1, -0.05) is 265 Å². The van der Waals surface area contributed by atoms with Crippen molar-refractivity contribution in [2.45, 2.75) is 309 Å². The Bertz CT molecular complexity index is 1560. The van der Waals surface area contributed by atoms with E-state index in [1.54, 1.807) is 0 Å². The van der Waals surface area contributed by atoms with E-state index >= 15 is 0 Å². The van der Waals surface area contributed by atoms with Gasteiger partial charge < -0.3 is 14.2 Å². The maximum Gasteiger partial charge on any atom is 0.306 e. The highest BCUT2D eigenvalue weighted by atomic mass is 16.6. The van der Waals surface area contributed by atoms with Crippen LogP contribution in [0, 0.1) is 0 Å². The fraction of sp³-hybridized carbons (Fsp3) is 0.704. The lowest BCUT2D eigenvalue weighted by Gasteiger charge is -2.18. The molecule has 0 saturated heterocycles. The molecule has 0 saturated carbocycles. The lowest BCUT2D eigenvalue weighted by atomic mass is 10.0. The van der Waals surface area contributed by atoms with E-state index < -0.39 is 6.10 Å². The zero-order chi connectivity index (χ0) is 55.7. The third-order valence-electron chi connectivity index (χ3n) is 13.7. The van der Waals surface area contributed by atoms with Gasteiger partial charge in [0, 0.05) is 19.3 Å². The van der Waals surface area contributed by atoms with Gasteiger partial charge in [-0.3, -0.25) is 14.4 Å². The monoisotopic (exact) mass is 1070 g/mol. The van der Waals surface area contributed by atoms with Gasteiger partial charge >= 0.3 is 17.9 Å². The molecule has 0 N–H and O–H groups in total. The molecular weight excluding hydrogens is 949 g/mol. The quantitative estimate of drug-likeness (QED) is 0.0261. The first-order valence-corrected chi connectivity index (χ1v) is 32.4. The Morgan fingerprint density at radius 1 is 0.273 bits per heavy atom. The van der Waals surface area contributed by atoms with Gasteiger partial charge in [-0.15, -0.1) is 0 Å². The van der Waals surface area contributed by atoms with E-state index in [0.29, 0.717) is 19.3 Å². The van der Waals surface area contributed by atoms with E-state index in [4.69, 9.17) is 14.2 Å². The molecule has 77 heavy (non-hydrogen) atoms. The minimum Gasteiger partial charge on any atom is -0.462 e. The van der Waals surface area contributed by atoms with E-state index in [-0.39, 0.29) is 31.1 Å². The lowest BCUT2D eigenvalue weighted by molar-refractivity contribution is -0.167. The Hall–Kier alpha value is -3.93. The Balaban J connectivity index is 4.39. The third-order valence-corrected chi connectivity index (χ3v) is 13.7. The van der Waals surface area contributed by atoms with E-state index in [1.165, 1.54) is 148 Å². The molecule has 0 aliphatic heterocycles. The van der Waals surface area contributed by atoms with Crippen molar-refractivity contribution in [2.24, 2.45) is 0 Å². The van der Waals surface area contributed by atoms with Crippen LogP contribution in [-0.4, -0.2) is 37.2 Å². The van der Waals surface area contributed by atoms with Crippen LogP contribution in [0.1, 0.15) is 303 Å². The molecule has 0 aromatic heterocycles. The van der Waals surface area contributed by atoms with E-state index in [2.05, 4.69) is 130 Å². The summed E-state index contributed by atoms with van der Waals surface area (Å²) in [6.45, 7) is 6.46. The molecule has 0 aliphatic carbocycles. The third kappa shape index (κ3) is 62.8. The highest BCUT2D eigenvalue weighted by Crippen LogP contribution is 2.16. The summed E-state index contributed by atoms with van der Waals surface area (Å²) in [5, 5.41) is 0. The first-order valence-electron chi connectivity index (χ1n) is 32.4. The smallest absolute Gasteiger partial charge is 0.306 e. The van der Waals surface area contributed by atoms with Gasteiger partial charge in [0.05, 0.1) is 0 Å². The van der Waals surface area contributed by atoms with Gasteiger partial charge in [0.1, 0.15) is 13.2 Å². The molecule has 0 fully saturated rings. The summed E-state index contributed by atoms with van der Waals surface area (Å²) < 4.78 is 16.9. The summed E-state index contributed by atoms with van der Waals surface area (Å²) >= 11 is 0. The SMILES string of the molecule is CC/C=C\C/C=C\C/C=C\C/C=C\CCCCC(=O)OCC(COC(=O)CCCCCCCCCCCCCCC/C=C\C/C=C\CCCCCCC)OC(=O)CCCCCCCC/C=C\C/C=C\C/C=C\CCCCC. The summed E-state index contributed by atoms with van der Waals surface area (Å²) in [5.74, 6) is -0.947. The molecular formula is C71H120O6. The molecule has 0 rings (SSSR count). The van der Waals surface area contributed by atoms with Crippen molar-refractivity contribution in [2.75, 3.05) is 13.2 Å². The topological polar surface area (TPSA) is 78.9 Å². The summed E-state index contributed by atoms with van der Waals surface area (Å²) in [4.78, 5) is 38.3. The van der Waals surface area contributed by atoms with Crippen LogP contribution in [0.4, 0.5) is 0 Å². The zero-order valence-corrected chi connectivity index (χ0v) is 50.4. The van der Waals surface area contributed by atoms with E-state index in [1.807, 2.05) is 0 Å². The van der Waals surface area contributed by atoms with Crippen LogP contribution in [0.2, 0.25) is 0 Å². The van der Waals surface area contributed by atoms with Gasteiger partial charge in [-0.25, -0.2) is 0 Å². The second kappa shape index (κ2) is 64.6. The second-order valence-corrected chi connectivity index (χ2v) is 21.3. The minimum atomic E-state index is -0.806. The van der Waals surface area contributed by atoms with Crippen LogP contribution in [0.25, 0.3) is 0 Å². The molecule has 0 aromatic carbocycles. The van der Waals surface area contributed by atoms with Crippen molar-refractivity contribution >= 4 is 17.9 Å². The van der Waals surface area contributed by atoms with E-state index in [0.717, 1.165) is 116 Å². The number of ether oxygens (including phenoxy) is 3. The number of carbonyl (C=O) groups excluding carboxylic acids is 3. The summed E-state index contributed by atoms with van der Waals surface area (Å²) in [7, 11) is 0. The highest BCUT2D eigenvalue weighted by molar-refractivity contribution is 5.71. The maximum atomic E-state index is 12.9. The van der Waals surface area contributed by atoms with Gasteiger partial charge in [-0.2, -0.15) is 0 Å². The second-order valence-electron chi connectivity index (χ2n) is 21.3. The standard InChI is InChI=1S/C71H120O6/c1-4-7-10-13-16-19-22-25-28-30-32-33-34-35-36-37-39-40-43-46-49-52-55-58-61-64-70(73)76-67-68(66-75-69(72)63-60-57-54-51-48-45-42-27-24-21-18-15-12-9-6-3)77-71(74)65-62-59-56-53-50-47-44-41-38-31-29-26-23-20-17-14-11-8-5-2/h9,12,17-18,20-22,25-27,29-30,32,38,41-42,48,51,68H,4-8,10-11,13-16,19,23-24,28,31,33-37,39-40,43-47,49-50,52-67H2,1-3H3/b12-9-,20-17-,21-18-,25-22-,29-26-,32-30-,41-38-,42-27-,51-48-. The van der Waals surface area contributed by atoms with Crippen molar-refractivity contribution in [1.29, 1.82) is 0 Å². The zero-order valence-electron chi connectivity index (χ0n) is 50.4. The van der Waals surface area contributed by atoms with Gasteiger partial charge in [0.15, 0.2) is 6.10 Å². The summed E-state index contributed by atoms with van der Waals surface area (Å²) in [6.07, 6.45) is 88.1. The molecule has 0 aliphatic rings. The van der Waals surface area contributed by atoms with Crippen molar-refractivity contribution in [3.05, 3.63) is 109 Å². The maximum absolute atomic E-state index is 12.9. The number of rotatable bonds is 58. The molecule has 0 spiro atoms. The number of carbonyl (C=O) groups is 3. The summed E-state index contributed by atoms with van der Waals surface area (Å²) in [6, 6.07) is 0. The summed E-state index contributed by atoms with van der Waals surface area (Å²) in [5.41, 5.74) is 0. The van der Waals surface area contributed by atoms with Crippen LogP contribution < -0.4 is 0 Å². The molecule has 6 nitrogen and oxygen atoms in total. The van der Waals surface area contributed by atoms with Gasteiger partial charge in [-0.05, 0) is 128 Å². The molecule has 0 radical (unpaired) electrons. The molecule has 1 atom stereocenters. The number of unbranched alkanes of at least 4 members (excludes halogenated alkanes) is 29. The molecule has 0 aromatic rings. The van der Waals surface area contributed by atoms with Crippen molar-refractivity contribution in [3.63, 3.8) is 0 Å². The largest absolute Gasteiger partial charge is 0.462 e. The number of esters is 3. The average molecular weight is 1070 g/mol. The van der Waals surface area contributed by atoms with Gasteiger partial charge in [0.25, 0.3) is 0 Å². The van der Waals surface area contributed by atoms with Crippen molar-refractivity contribution in [1.82, 2.24) is 0 Å². The first-order chi connectivity index (χ1) is 38.0. The predicted octanol–water partition coefficient (Wildman–Crippen LogP) is 22.2.